The SMILES string of the molecule is CN=C(NCCN(C)CC(F)(F)F)NC(C)c1cccs1. The molecule has 0 saturated carbocycles. The van der Waals surface area contributed by atoms with Gasteiger partial charge in [0.15, 0.2) is 5.96 Å². The van der Waals surface area contributed by atoms with Crippen LogP contribution < -0.4 is 10.6 Å². The Bertz CT molecular complexity index is 431. The number of rotatable bonds is 6. The molecule has 0 spiro atoms. The van der Waals surface area contributed by atoms with Crippen molar-refractivity contribution in [2.45, 2.75) is 19.1 Å². The standard InChI is InChI=1S/C13H21F3N4S/c1-10(11-5-4-8-21-11)19-12(17-2)18-6-7-20(3)9-13(14,15)16/h4-5,8,10H,6-7,9H2,1-3H3,(H2,17,18,19). The van der Waals surface area contributed by atoms with E-state index < -0.39 is 12.7 Å². The van der Waals surface area contributed by atoms with Gasteiger partial charge in [0.1, 0.15) is 0 Å². The van der Waals surface area contributed by atoms with E-state index in [0.717, 1.165) is 0 Å². The first kappa shape index (κ1) is 17.8. The van der Waals surface area contributed by atoms with Gasteiger partial charge in [0.05, 0.1) is 12.6 Å². The second-order valence-corrected chi connectivity index (χ2v) is 5.71. The van der Waals surface area contributed by atoms with Crippen LogP contribution in [0.2, 0.25) is 0 Å². The zero-order valence-electron chi connectivity index (χ0n) is 12.4. The number of nitrogens with one attached hydrogen (secondary N) is 2. The molecule has 4 nitrogen and oxygen atoms in total. The number of hydrogen-bond acceptors (Lipinski definition) is 3. The highest BCUT2D eigenvalue weighted by Gasteiger charge is 2.28. The molecule has 0 fully saturated rings. The van der Waals surface area contributed by atoms with Gasteiger partial charge in [-0.3, -0.25) is 9.89 Å². The van der Waals surface area contributed by atoms with Crippen LogP contribution in [0, 0.1) is 0 Å². The Kier molecular flexibility index (Phi) is 6.97. The summed E-state index contributed by atoms with van der Waals surface area (Å²) in [5.74, 6) is 0.580. The van der Waals surface area contributed by atoms with Crippen LogP contribution in [0.15, 0.2) is 22.5 Å². The largest absolute Gasteiger partial charge is 0.401 e. The average molecular weight is 322 g/mol. The summed E-state index contributed by atoms with van der Waals surface area (Å²) in [7, 11) is 3.08. The molecule has 0 aliphatic rings. The Labute approximate surface area is 127 Å². The van der Waals surface area contributed by atoms with E-state index in [0.29, 0.717) is 12.5 Å². The summed E-state index contributed by atoms with van der Waals surface area (Å²) < 4.78 is 36.6. The zero-order valence-corrected chi connectivity index (χ0v) is 13.2. The van der Waals surface area contributed by atoms with Crippen LogP contribution in [-0.4, -0.2) is 50.8 Å². The summed E-state index contributed by atoms with van der Waals surface area (Å²) in [6.07, 6.45) is -4.16. The van der Waals surface area contributed by atoms with Crippen molar-refractivity contribution in [3.63, 3.8) is 0 Å². The zero-order chi connectivity index (χ0) is 15.9. The molecule has 21 heavy (non-hydrogen) atoms. The highest BCUT2D eigenvalue weighted by molar-refractivity contribution is 7.10. The second-order valence-electron chi connectivity index (χ2n) is 4.73. The number of hydrogen-bond donors (Lipinski definition) is 2. The molecule has 1 aromatic rings. The van der Waals surface area contributed by atoms with Gasteiger partial charge in [0, 0.05) is 25.0 Å². The van der Waals surface area contributed by atoms with Crippen LogP contribution in [0.3, 0.4) is 0 Å². The lowest BCUT2D eigenvalue weighted by atomic mass is 10.3. The number of likely N-dealkylation sites (N-methyl/N-ethyl adjacent to an activating group) is 1. The quantitative estimate of drug-likeness (QED) is 0.624. The van der Waals surface area contributed by atoms with Gasteiger partial charge in [-0.2, -0.15) is 13.2 Å². The molecule has 1 atom stereocenters. The molecule has 1 unspecified atom stereocenters. The Morgan fingerprint density at radius 1 is 1.48 bits per heavy atom. The van der Waals surface area contributed by atoms with Crippen LogP contribution in [0.25, 0.3) is 0 Å². The molecule has 0 bridgehead atoms. The first-order chi connectivity index (χ1) is 9.81. The molecule has 0 amide bonds. The molecular weight excluding hydrogens is 301 g/mol. The summed E-state index contributed by atoms with van der Waals surface area (Å²) in [5.41, 5.74) is 0. The number of halogens is 3. The molecule has 1 aromatic heterocycles. The van der Waals surface area contributed by atoms with Gasteiger partial charge in [-0.25, -0.2) is 0 Å². The van der Waals surface area contributed by atoms with Crippen molar-refractivity contribution in [3.05, 3.63) is 22.4 Å². The second kappa shape index (κ2) is 8.23. The van der Waals surface area contributed by atoms with Crippen molar-refractivity contribution < 1.29 is 13.2 Å². The van der Waals surface area contributed by atoms with Crippen molar-refractivity contribution in [3.8, 4) is 0 Å². The van der Waals surface area contributed by atoms with Crippen molar-refractivity contribution >= 4 is 17.3 Å². The van der Waals surface area contributed by atoms with Crippen molar-refractivity contribution in [2.24, 2.45) is 4.99 Å². The fourth-order valence-corrected chi connectivity index (χ4v) is 2.49. The van der Waals surface area contributed by atoms with E-state index >= 15 is 0 Å². The van der Waals surface area contributed by atoms with Crippen LogP contribution >= 0.6 is 11.3 Å². The Morgan fingerprint density at radius 2 is 2.19 bits per heavy atom. The molecule has 1 heterocycles. The number of aliphatic imine (C=N–C) groups is 1. The van der Waals surface area contributed by atoms with Gasteiger partial charge >= 0.3 is 6.18 Å². The molecule has 0 saturated heterocycles. The lowest BCUT2D eigenvalue weighted by molar-refractivity contribution is -0.142. The third-order valence-electron chi connectivity index (χ3n) is 2.78. The monoisotopic (exact) mass is 322 g/mol. The smallest absolute Gasteiger partial charge is 0.355 e. The van der Waals surface area contributed by atoms with E-state index in [1.165, 1.54) is 16.8 Å². The Balaban J connectivity index is 2.32. The predicted molar refractivity (Wildman–Crippen MR) is 80.8 cm³/mol. The fourth-order valence-electron chi connectivity index (χ4n) is 1.76. The van der Waals surface area contributed by atoms with Crippen LogP contribution in [0.1, 0.15) is 17.8 Å². The normalized spacial score (nSPS) is 14.3. The van der Waals surface area contributed by atoms with Gasteiger partial charge in [0.25, 0.3) is 0 Å². The van der Waals surface area contributed by atoms with Gasteiger partial charge < -0.3 is 10.6 Å². The lowest BCUT2D eigenvalue weighted by Crippen LogP contribution is -2.43. The number of thiophene rings is 1. The van der Waals surface area contributed by atoms with Crippen LogP contribution in [0.5, 0.6) is 0 Å². The first-order valence-corrected chi connectivity index (χ1v) is 7.45. The minimum Gasteiger partial charge on any atom is -0.355 e. The molecule has 120 valence electrons. The van der Waals surface area contributed by atoms with E-state index in [-0.39, 0.29) is 12.6 Å². The van der Waals surface area contributed by atoms with E-state index in [4.69, 9.17) is 0 Å². The predicted octanol–water partition coefficient (Wildman–Crippen LogP) is 2.47. The Hall–Kier alpha value is -1.28. The fraction of sp³-hybridized carbons (Fsp3) is 0.615. The summed E-state index contributed by atoms with van der Waals surface area (Å²) in [6.45, 7) is 1.78. The van der Waals surface area contributed by atoms with E-state index in [9.17, 15) is 13.2 Å². The van der Waals surface area contributed by atoms with Crippen molar-refractivity contribution in [2.75, 3.05) is 33.7 Å². The molecule has 0 aliphatic carbocycles. The Morgan fingerprint density at radius 3 is 2.71 bits per heavy atom. The van der Waals surface area contributed by atoms with Crippen LogP contribution in [-0.2, 0) is 0 Å². The van der Waals surface area contributed by atoms with Gasteiger partial charge in [-0.1, -0.05) is 6.07 Å². The maximum Gasteiger partial charge on any atom is 0.401 e. The summed E-state index contributed by atoms with van der Waals surface area (Å²) in [4.78, 5) is 6.47. The van der Waals surface area contributed by atoms with Crippen molar-refractivity contribution in [1.29, 1.82) is 0 Å². The van der Waals surface area contributed by atoms with E-state index in [2.05, 4.69) is 15.6 Å². The molecule has 0 aromatic carbocycles. The topological polar surface area (TPSA) is 39.7 Å². The average Bonchev–Trinajstić information content (AvgIpc) is 2.89. The lowest BCUT2D eigenvalue weighted by Gasteiger charge is -2.20. The molecule has 0 aliphatic heterocycles. The number of nitrogens with zero attached hydrogens (tertiary/aromatic N) is 2. The molecule has 8 heteroatoms. The third-order valence-corrected chi connectivity index (χ3v) is 3.84. The minimum atomic E-state index is -4.16. The maximum absolute atomic E-state index is 12.2. The van der Waals surface area contributed by atoms with Gasteiger partial charge in [-0.05, 0) is 25.4 Å². The highest BCUT2D eigenvalue weighted by atomic mass is 32.1. The molecule has 0 radical (unpaired) electrons. The van der Waals surface area contributed by atoms with Gasteiger partial charge in [-0.15, -0.1) is 11.3 Å². The minimum absolute atomic E-state index is 0.101. The maximum atomic E-state index is 12.2. The summed E-state index contributed by atoms with van der Waals surface area (Å²) in [5, 5.41) is 8.21. The number of guanidine groups is 1. The summed E-state index contributed by atoms with van der Waals surface area (Å²) >= 11 is 1.64. The first-order valence-electron chi connectivity index (χ1n) is 6.57. The molecule has 1 rings (SSSR count). The molecular formula is C13H21F3N4S. The highest BCUT2D eigenvalue weighted by Crippen LogP contribution is 2.17. The van der Waals surface area contributed by atoms with E-state index in [1.807, 2.05) is 24.4 Å². The van der Waals surface area contributed by atoms with E-state index in [1.54, 1.807) is 18.4 Å². The number of alkyl halides is 3. The van der Waals surface area contributed by atoms with Gasteiger partial charge in [0.2, 0.25) is 0 Å². The van der Waals surface area contributed by atoms with Crippen molar-refractivity contribution in [1.82, 2.24) is 15.5 Å². The third kappa shape index (κ3) is 7.33. The molecule has 2 N–H and O–H groups in total. The van der Waals surface area contributed by atoms with Crippen LogP contribution in [0.4, 0.5) is 13.2 Å². The summed E-state index contributed by atoms with van der Waals surface area (Å²) in [6, 6.07) is 4.09.